The molecule has 1 heterocycles. The van der Waals surface area contributed by atoms with Crippen LogP contribution in [-0.2, 0) is 9.59 Å². The average Bonchev–Trinajstić information content (AvgIpc) is 2.94. The van der Waals surface area contributed by atoms with Gasteiger partial charge in [0.25, 0.3) is 0 Å². The lowest BCUT2D eigenvalue weighted by Crippen LogP contribution is -2.37. The average molecular weight is 307 g/mol. The zero-order valence-corrected chi connectivity index (χ0v) is 13.0. The number of benzene rings is 1. The van der Waals surface area contributed by atoms with Crippen molar-refractivity contribution in [1.29, 1.82) is 0 Å². The Morgan fingerprint density at radius 1 is 1.24 bits per heavy atom. The number of nitrogens with one attached hydrogen (secondary N) is 3. The van der Waals surface area contributed by atoms with E-state index in [0.29, 0.717) is 5.75 Å². The summed E-state index contributed by atoms with van der Waals surface area (Å²) in [6.45, 7) is 3.79. The van der Waals surface area contributed by atoms with Gasteiger partial charge in [-0.3, -0.25) is 9.59 Å². The number of thioether (sulfide) groups is 1. The second-order valence-electron chi connectivity index (χ2n) is 5.16. The van der Waals surface area contributed by atoms with Gasteiger partial charge in [-0.05, 0) is 32.0 Å². The third-order valence-electron chi connectivity index (χ3n) is 3.23. The molecule has 0 aliphatic carbocycles. The highest BCUT2D eigenvalue weighted by Crippen LogP contribution is 2.09. The summed E-state index contributed by atoms with van der Waals surface area (Å²) in [5.41, 5.74) is 1.94. The van der Waals surface area contributed by atoms with Gasteiger partial charge in [0.15, 0.2) is 0 Å². The summed E-state index contributed by atoms with van der Waals surface area (Å²) in [7, 11) is 0. The molecule has 2 rings (SSSR count). The first-order chi connectivity index (χ1) is 10.1. The maximum Gasteiger partial charge on any atom is 0.234 e. The molecule has 1 unspecified atom stereocenters. The van der Waals surface area contributed by atoms with Crippen LogP contribution in [0.2, 0.25) is 0 Å². The first-order valence-corrected chi connectivity index (χ1v) is 8.23. The van der Waals surface area contributed by atoms with E-state index >= 15 is 0 Å². The van der Waals surface area contributed by atoms with Crippen molar-refractivity contribution in [3.63, 3.8) is 0 Å². The van der Waals surface area contributed by atoms with Crippen LogP contribution in [-0.4, -0.2) is 42.5 Å². The standard InChI is InChI=1S/C15H21N3O2S/c1-11-2-4-12(5-3-11)17-14(19)9-21-10-15(20)18-13-6-7-16-8-13/h2-5,13,16H,6-10H2,1H3,(H,17,19)(H,18,20). The highest BCUT2D eigenvalue weighted by Gasteiger charge is 2.16. The first kappa shape index (κ1) is 15.9. The van der Waals surface area contributed by atoms with Gasteiger partial charge < -0.3 is 16.0 Å². The van der Waals surface area contributed by atoms with Crippen LogP contribution < -0.4 is 16.0 Å². The molecule has 0 spiro atoms. The minimum atomic E-state index is -0.0841. The minimum Gasteiger partial charge on any atom is -0.351 e. The van der Waals surface area contributed by atoms with Gasteiger partial charge in [-0.1, -0.05) is 17.7 Å². The van der Waals surface area contributed by atoms with E-state index in [-0.39, 0.29) is 23.6 Å². The summed E-state index contributed by atoms with van der Waals surface area (Å²) in [4.78, 5) is 23.4. The lowest BCUT2D eigenvalue weighted by atomic mass is 10.2. The Balaban J connectivity index is 1.62. The van der Waals surface area contributed by atoms with Gasteiger partial charge in [0.1, 0.15) is 0 Å². The fourth-order valence-corrected chi connectivity index (χ4v) is 2.75. The SMILES string of the molecule is Cc1ccc(NC(=O)CSCC(=O)NC2CCNC2)cc1. The van der Waals surface area contributed by atoms with Gasteiger partial charge in [0.05, 0.1) is 11.5 Å². The van der Waals surface area contributed by atoms with E-state index in [1.165, 1.54) is 11.8 Å². The summed E-state index contributed by atoms with van der Waals surface area (Å²) in [6, 6.07) is 7.88. The number of carbonyl (C=O) groups is 2. The summed E-state index contributed by atoms with van der Waals surface area (Å²) in [5, 5.41) is 8.97. The van der Waals surface area contributed by atoms with E-state index in [2.05, 4.69) is 16.0 Å². The number of hydrogen-bond acceptors (Lipinski definition) is 4. The van der Waals surface area contributed by atoms with Crippen LogP contribution >= 0.6 is 11.8 Å². The highest BCUT2D eigenvalue weighted by atomic mass is 32.2. The molecule has 1 fully saturated rings. The van der Waals surface area contributed by atoms with E-state index in [9.17, 15) is 9.59 Å². The Kier molecular flexibility index (Phi) is 6.07. The molecular weight excluding hydrogens is 286 g/mol. The second-order valence-corrected chi connectivity index (χ2v) is 6.15. The molecule has 0 radical (unpaired) electrons. The number of aryl methyl sites for hydroxylation is 1. The monoisotopic (exact) mass is 307 g/mol. The topological polar surface area (TPSA) is 70.2 Å². The molecule has 3 N–H and O–H groups in total. The normalized spacial score (nSPS) is 17.5. The molecule has 5 nitrogen and oxygen atoms in total. The van der Waals surface area contributed by atoms with Crippen LogP contribution in [0.5, 0.6) is 0 Å². The molecule has 1 aliphatic heterocycles. The maximum absolute atomic E-state index is 11.7. The zero-order chi connectivity index (χ0) is 15.1. The van der Waals surface area contributed by atoms with Gasteiger partial charge in [-0.25, -0.2) is 0 Å². The van der Waals surface area contributed by atoms with Crippen LogP contribution in [0.25, 0.3) is 0 Å². The molecule has 1 saturated heterocycles. The van der Waals surface area contributed by atoms with Gasteiger partial charge in [-0.2, -0.15) is 0 Å². The lowest BCUT2D eigenvalue weighted by Gasteiger charge is -2.11. The van der Waals surface area contributed by atoms with Gasteiger partial charge >= 0.3 is 0 Å². The van der Waals surface area contributed by atoms with Crippen molar-refractivity contribution in [2.24, 2.45) is 0 Å². The number of amides is 2. The van der Waals surface area contributed by atoms with Crippen molar-refractivity contribution in [2.75, 3.05) is 29.9 Å². The van der Waals surface area contributed by atoms with Crippen molar-refractivity contribution < 1.29 is 9.59 Å². The molecular formula is C15H21N3O2S. The third-order valence-corrected chi connectivity index (χ3v) is 4.16. The van der Waals surface area contributed by atoms with Crippen LogP contribution in [0.3, 0.4) is 0 Å². The highest BCUT2D eigenvalue weighted by molar-refractivity contribution is 8.00. The Labute approximate surface area is 129 Å². The van der Waals surface area contributed by atoms with Gasteiger partial charge in [0, 0.05) is 18.3 Å². The molecule has 0 saturated carbocycles. The molecule has 1 aromatic rings. The second kappa shape index (κ2) is 8.05. The molecule has 1 aliphatic rings. The fraction of sp³-hybridized carbons (Fsp3) is 0.467. The van der Waals surface area contributed by atoms with Gasteiger partial charge in [0.2, 0.25) is 11.8 Å². The summed E-state index contributed by atoms with van der Waals surface area (Å²) in [5.74, 6) is 0.512. The largest absolute Gasteiger partial charge is 0.351 e. The number of carbonyl (C=O) groups excluding carboxylic acids is 2. The summed E-state index contributed by atoms with van der Waals surface area (Å²) < 4.78 is 0. The van der Waals surface area contributed by atoms with Crippen molar-refractivity contribution in [2.45, 2.75) is 19.4 Å². The number of rotatable bonds is 6. The predicted molar refractivity (Wildman–Crippen MR) is 86.6 cm³/mol. The Bertz CT molecular complexity index is 484. The molecule has 0 aromatic heterocycles. The summed E-state index contributed by atoms with van der Waals surface area (Å²) >= 11 is 1.33. The van der Waals surface area contributed by atoms with Crippen molar-refractivity contribution >= 4 is 29.3 Å². The first-order valence-electron chi connectivity index (χ1n) is 7.08. The van der Waals surface area contributed by atoms with Crippen molar-refractivity contribution in [3.05, 3.63) is 29.8 Å². The van der Waals surface area contributed by atoms with E-state index < -0.39 is 0 Å². The molecule has 1 atom stereocenters. The Morgan fingerprint density at radius 2 is 1.95 bits per heavy atom. The van der Waals surface area contributed by atoms with Crippen LogP contribution in [0.1, 0.15) is 12.0 Å². The molecule has 2 amide bonds. The zero-order valence-electron chi connectivity index (χ0n) is 12.1. The molecule has 21 heavy (non-hydrogen) atoms. The maximum atomic E-state index is 11.7. The van der Waals surface area contributed by atoms with Crippen molar-refractivity contribution in [3.8, 4) is 0 Å². The minimum absolute atomic E-state index is 0.00293. The number of hydrogen-bond donors (Lipinski definition) is 3. The Morgan fingerprint density at radius 3 is 2.62 bits per heavy atom. The quantitative estimate of drug-likeness (QED) is 0.737. The predicted octanol–water partition coefficient (Wildman–Crippen LogP) is 1.14. The smallest absolute Gasteiger partial charge is 0.234 e. The van der Waals surface area contributed by atoms with Gasteiger partial charge in [-0.15, -0.1) is 11.8 Å². The van der Waals surface area contributed by atoms with Crippen LogP contribution in [0.4, 0.5) is 5.69 Å². The van der Waals surface area contributed by atoms with Crippen LogP contribution in [0, 0.1) is 6.92 Å². The fourth-order valence-electron chi connectivity index (χ4n) is 2.12. The molecule has 114 valence electrons. The van der Waals surface area contributed by atoms with Crippen molar-refractivity contribution in [1.82, 2.24) is 10.6 Å². The van der Waals surface area contributed by atoms with E-state index in [1.54, 1.807) is 0 Å². The molecule has 1 aromatic carbocycles. The van der Waals surface area contributed by atoms with E-state index in [1.807, 2.05) is 31.2 Å². The third kappa shape index (κ3) is 5.77. The lowest BCUT2D eigenvalue weighted by molar-refractivity contribution is -0.119. The molecule has 0 bridgehead atoms. The summed E-state index contributed by atoms with van der Waals surface area (Å²) in [6.07, 6.45) is 0.977. The van der Waals surface area contributed by atoms with E-state index in [0.717, 1.165) is 30.8 Å². The number of anilines is 1. The molecule has 6 heteroatoms. The van der Waals surface area contributed by atoms with E-state index in [4.69, 9.17) is 0 Å². The Hall–Kier alpha value is -1.53. The van der Waals surface area contributed by atoms with Crippen LogP contribution in [0.15, 0.2) is 24.3 Å².